The number of imidazole rings is 1. The summed E-state index contributed by atoms with van der Waals surface area (Å²) in [7, 11) is 0. The van der Waals surface area contributed by atoms with Gasteiger partial charge in [0.15, 0.2) is 0 Å². The highest BCUT2D eigenvalue weighted by Crippen LogP contribution is 2.43. The van der Waals surface area contributed by atoms with Crippen molar-refractivity contribution in [2.24, 2.45) is 5.73 Å². The standard InChI is InChI=1S/C24H19FN4O6/c25-16-9-18-17(7-14(16)22(26)27)28-23(29-18)15-6-10(12(24(34)35)8-20(31)32)5-13(21(15)33)11-3-1-2-4-19(11)30/h1-7,9,12,30,33H,8H2,(H3,26,27)(H,28,29)(H,31,32)(H,34,35). The molecule has 35 heavy (non-hydrogen) atoms. The first-order valence-electron chi connectivity index (χ1n) is 10.2. The number of nitrogens with one attached hydrogen (secondary N) is 2. The summed E-state index contributed by atoms with van der Waals surface area (Å²) in [6.45, 7) is 0. The fraction of sp³-hybridized carbons (Fsp3) is 0.0833. The van der Waals surface area contributed by atoms with Crippen LogP contribution in [0.3, 0.4) is 0 Å². The lowest BCUT2D eigenvalue weighted by Gasteiger charge is -2.17. The highest BCUT2D eigenvalue weighted by Gasteiger charge is 2.27. The molecule has 0 aliphatic carbocycles. The maximum atomic E-state index is 14.3. The third kappa shape index (κ3) is 4.34. The molecule has 0 fully saturated rings. The predicted molar refractivity (Wildman–Crippen MR) is 124 cm³/mol. The number of phenolic OH excluding ortho intramolecular Hbond substituents is 2. The molecule has 1 unspecified atom stereocenters. The topological polar surface area (TPSA) is 194 Å². The van der Waals surface area contributed by atoms with E-state index in [0.717, 1.165) is 6.07 Å². The maximum Gasteiger partial charge on any atom is 0.311 e. The number of rotatable bonds is 7. The van der Waals surface area contributed by atoms with Crippen molar-refractivity contribution in [2.45, 2.75) is 12.3 Å². The number of nitrogen functional groups attached to an aromatic ring is 1. The molecule has 1 heterocycles. The largest absolute Gasteiger partial charge is 0.507 e. The van der Waals surface area contributed by atoms with Gasteiger partial charge in [-0.05, 0) is 29.8 Å². The number of carboxylic acids is 2. The molecule has 4 aromatic rings. The highest BCUT2D eigenvalue weighted by molar-refractivity contribution is 5.99. The minimum Gasteiger partial charge on any atom is -0.507 e. The van der Waals surface area contributed by atoms with E-state index in [1.54, 1.807) is 12.1 Å². The van der Waals surface area contributed by atoms with E-state index < -0.39 is 35.9 Å². The predicted octanol–water partition coefficient (Wildman–Crippen LogP) is 3.37. The normalized spacial score (nSPS) is 11.9. The fourth-order valence-corrected chi connectivity index (χ4v) is 3.83. The Labute approximate surface area is 196 Å². The van der Waals surface area contributed by atoms with Crippen molar-refractivity contribution in [1.29, 1.82) is 5.41 Å². The Morgan fingerprint density at radius 1 is 1.06 bits per heavy atom. The summed E-state index contributed by atoms with van der Waals surface area (Å²) >= 11 is 0. The number of nitrogens with zero attached hydrogens (tertiary/aromatic N) is 1. The van der Waals surface area contributed by atoms with Crippen molar-refractivity contribution in [3.8, 4) is 34.0 Å². The van der Waals surface area contributed by atoms with E-state index in [-0.39, 0.29) is 56.2 Å². The van der Waals surface area contributed by atoms with E-state index >= 15 is 0 Å². The lowest BCUT2D eigenvalue weighted by Crippen LogP contribution is -2.16. The number of aromatic amines is 1. The molecule has 3 aromatic carbocycles. The van der Waals surface area contributed by atoms with Crippen LogP contribution in [0.5, 0.6) is 11.5 Å². The average Bonchev–Trinajstić information content (AvgIpc) is 3.20. The number of fused-ring (bicyclic) bond motifs is 1. The molecule has 0 amide bonds. The second-order valence-corrected chi connectivity index (χ2v) is 7.82. The molecule has 1 aromatic heterocycles. The third-order valence-corrected chi connectivity index (χ3v) is 5.52. The van der Waals surface area contributed by atoms with Crippen LogP contribution < -0.4 is 5.73 Å². The Balaban J connectivity index is 2.00. The van der Waals surface area contributed by atoms with E-state index in [1.807, 2.05) is 0 Å². The fourth-order valence-electron chi connectivity index (χ4n) is 3.83. The SMILES string of the molecule is N=C(N)c1cc2nc(-c3cc(C(CC(=O)O)C(=O)O)cc(-c4ccccc4O)c3O)[nH]c2cc1F. The number of hydrogen-bond acceptors (Lipinski definition) is 6. The molecule has 1 atom stereocenters. The zero-order chi connectivity index (χ0) is 25.4. The highest BCUT2D eigenvalue weighted by atomic mass is 19.1. The molecule has 0 spiro atoms. The zero-order valence-corrected chi connectivity index (χ0v) is 17.9. The number of aliphatic carboxylic acids is 2. The number of para-hydroxylation sites is 1. The molecular formula is C24H19FN4O6. The van der Waals surface area contributed by atoms with Gasteiger partial charge in [-0.1, -0.05) is 18.2 Å². The summed E-state index contributed by atoms with van der Waals surface area (Å²) in [5.41, 5.74) is 5.94. The van der Waals surface area contributed by atoms with Crippen LogP contribution in [0.2, 0.25) is 0 Å². The van der Waals surface area contributed by atoms with Gasteiger partial charge in [0.05, 0.1) is 34.5 Å². The number of amidine groups is 1. The maximum absolute atomic E-state index is 14.3. The van der Waals surface area contributed by atoms with Gasteiger partial charge in [0.2, 0.25) is 0 Å². The van der Waals surface area contributed by atoms with Gasteiger partial charge in [0.1, 0.15) is 29.0 Å². The minimum atomic E-state index is -1.47. The van der Waals surface area contributed by atoms with Crippen molar-refractivity contribution < 1.29 is 34.4 Å². The zero-order valence-electron chi connectivity index (χ0n) is 17.9. The molecular weight excluding hydrogens is 459 g/mol. The van der Waals surface area contributed by atoms with Crippen molar-refractivity contribution in [2.75, 3.05) is 0 Å². The van der Waals surface area contributed by atoms with Crippen LogP contribution in [0.25, 0.3) is 33.5 Å². The number of phenols is 2. The molecule has 0 radical (unpaired) electrons. The van der Waals surface area contributed by atoms with Gasteiger partial charge in [-0.25, -0.2) is 9.37 Å². The van der Waals surface area contributed by atoms with Gasteiger partial charge in [-0.15, -0.1) is 0 Å². The number of halogens is 1. The molecule has 0 saturated heterocycles. The summed E-state index contributed by atoms with van der Waals surface area (Å²) in [5, 5.41) is 47.9. The van der Waals surface area contributed by atoms with Crippen LogP contribution in [0, 0.1) is 11.2 Å². The monoisotopic (exact) mass is 478 g/mol. The number of benzene rings is 3. The van der Waals surface area contributed by atoms with Crippen LogP contribution in [-0.4, -0.2) is 48.2 Å². The molecule has 0 aliphatic heterocycles. The Morgan fingerprint density at radius 2 is 1.74 bits per heavy atom. The Kier molecular flexibility index (Phi) is 5.83. The van der Waals surface area contributed by atoms with E-state index in [4.69, 9.17) is 11.1 Å². The summed E-state index contributed by atoms with van der Waals surface area (Å²) in [6.07, 6.45) is -0.729. The van der Waals surface area contributed by atoms with Gasteiger partial charge in [0.25, 0.3) is 0 Å². The number of carboxylic acid groups (broad SMARTS) is 2. The number of carbonyl (C=O) groups is 2. The Hall–Kier alpha value is -4.93. The second kappa shape index (κ2) is 8.78. The second-order valence-electron chi connectivity index (χ2n) is 7.82. The van der Waals surface area contributed by atoms with Crippen molar-refractivity contribution >= 4 is 28.8 Å². The smallest absolute Gasteiger partial charge is 0.311 e. The van der Waals surface area contributed by atoms with Gasteiger partial charge < -0.3 is 31.1 Å². The third-order valence-electron chi connectivity index (χ3n) is 5.52. The average molecular weight is 478 g/mol. The Bertz CT molecular complexity index is 1510. The number of aromatic nitrogens is 2. The van der Waals surface area contributed by atoms with Crippen LogP contribution >= 0.6 is 0 Å². The van der Waals surface area contributed by atoms with E-state index in [9.17, 15) is 34.4 Å². The van der Waals surface area contributed by atoms with Crippen LogP contribution in [-0.2, 0) is 9.59 Å². The molecule has 4 rings (SSSR count). The molecule has 0 aliphatic rings. The summed E-state index contributed by atoms with van der Waals surface area (Å²) in [6, 6.07) is 10.9. The number of hydrogen-bond donors (Lipinski definition) is 7. The first-order valence-corrected chi connectivity index (χ1v) is 10.2. The molecule has 10 nitrogen and oxygen atoms in total. The molecule has 178 valence electrons. The molecule has 8 N–H and O–H groups in total. The lowest BCUT2D eigenvalue weighted by molar-refractivity contribution is -0.145. The van der Waals surface area contributed by atoms with Crippen LogP contribution in [0.4, 0.5) is 4.39 Å². The van der Waals surface area contributed by atoms with E-state index in [0.29, 0.717) is 0 Å². The Morgan fingerprint density at radius 3 is 2.37 bits per heavy atom. The quantitative estimate of drug-likeness (QED) is 0.155. The molecule has 0 saturated carbocycles. The van der Waals surface area contributed by atoms with Crippen molar-refractivity contribution in [3.05, 3.63) is 65.5 Å². The van der Waals surface area contributed by atoms with Gasteiger partial charge in [0, 0.05) is 17.2 Å². The van der Waals surface area contributed by atoms with E-state index in [2.05, 4.69) is 9.97 Å². The number of aromatic hydroxyl groups is 2. The number of H-pyrrole nitrogens is 1. The first-order chi connectivity index (χ1) is 16.6. The summed E-state index contributed by atoms with van der Waals surface area (Å²) < 4.78 is 14.3. The first kappa shape index (κ1) is 23.2. The molecule has 11 heteroatoms. The number of nitrogens with two attached hydrogens (primary N) is 1. The van der Waals surface area contributed by atoms with Crippen LogP contribution in [0.15, 0.2) is 48.5 Å². The van der Waals surface area contributed by atoms with E-state index in [1.165, 1.54) is 30.3 Å². The lowest BCUT2D eigenvalue weighted by atomic mass is 9.89. The van der Waals surface area contributed by atoms with Crippen LogP contribution in [0.1, 0.15) is 23.5 Å². The van der Waals surface area contributed by atoms with Gasteiger partial charge >= 0.3 is 11.9 Å². The summed E-state index contributed by atoms with van der Waals surface area (Å²) in [4.78, 5) is 30.4. The van der Waals surface area contributed by atoms with Crippen molar-refractivity contribution in [1.82, 2.24) is 9.97 Å². The minimum absolute atomic E-state index is 0.00150. The summed E-state index contributed by atoms with van der Waals surface area (Å²) in [5.74, 6) is -6.02. The van der Waals surface area contributed by atoms with Crippen molar-refractivity contribution in [3.63, 3.8) is 0 Å². The molecule has 0 bridgehead atoms. The van der Waals surface area contributed by atoms with Gasteiger partial charge in [-0.2, -0.15) is 0 Å². The van der Waals surface area contributed by atoms with Gasteiger partial charge in [-0.3, -0.25) is 15.0 Å².